The summed E-state index contributed by atoms with van der Waals surface area (Å²) in [5.74, 6) is -0.734. The standard InChI is InChI=1S/C24H23NO4/c1-14-10-11-19(17-8-6-5-7-9-17)22(29-4)21(14)25-23(26)20-15(2)12-18(24(27)28)13-16(20)3/h5-13H,1-4H3,(H,25,26)(H,27,28). The predicted molar refractivity (Wildman–Crippen MR) is 114 cm³/mol. The van der Waals surface area contributed by atoms with E-state index in [0.29, 0.717) is 28.1 Å². The van der Waals surface area contributed by atoms with E-state index in [2.05, 4.69) is 5.32 Å². The maximum absolute atomic E-state index is 13.1. The number of carboxylic acids is 1. The lowest BCUT2D eigenvalue weighted by atomic mass is 9.97. The molecule has 3 aromatic rings. The fraction of sp³-hybridized carbons (Fsp3) is 0.167. The number of aromatic carboxylic acids is 1. The van der Waals surface area contributed by atoms with E-state index < -0.39 is 5.97 Å². The molecule has 148 valence electrons. The van der Waals surface area contributed by atoms with Gasteiger partial charge in [-0.2, -0.15) is 0 Å². The van der Waals surface area contributed by atoms with Gasteiger partial charge in [0.2, 0.25) is 0 Å². The Labute approximate surface area is 170 Å². The topological polar surface area (TPSA) is 75.6 Å². The van der Waals surface area contributed by atoms with Crippen LogP contribution in [0.25, 0.3) is 11.1 Å². The van der Waals surface area contributed by atoms with Gasteiger partial charge in [0.1, 0.15) is 5.75 Å². The van der Waals surface area contributed by atoms with Crippen LogP contribution in [0.5, 0.6) is 5.75 Å². The van der Waals surface area contributed by atoms with E-state index in [4.69, 9.17) is 4.74 Å². The molecule has 0 radical (unpaired) electrons. The zero-order valence-electron chi connectivity index (χ0n) is 16.9. The van der Waals surface area contributed by atoms with Crippen molar-refractivity contribution in [1.29, 1.82) is 0 Å². The third-order valence-electron chi connectivity index (χ3n) is 4.90. The zero-order valence-corrected chi connectivity index (χ0v) is 16.9. The van der Waals surface area contributed by atoms with Crippen LogP contribution < -0.4 is 10.1 Å². The molecule has 0 bridgehead atoms. The molecule has 0 fully saturated rings. The summed E-state index contributed by atoms with van der Waals surface area (Å²) in [6.07, 6.45) is 0. The minimum absolute atomic E-state index is 0.163. The molecular formula is C24H23NO4. The van der Waals surface area contributed by atoms with Crippen molar-refractivity contribution < 1.29 is 19.4 Å². The lowest BCUT2D eigenvalue weighted by Crippen LogP contribution is -2.17. The van der Waals surface area contributed by atoms with Crippen LogP contribution in [0.3, 0.4) is 0 Å². The Morgan fingerprint density at radius 3 is 2.07 bits per heavy atom. The molecule has 1 amide bonds. The number of benzene rings is 3. The lowest BCUT2D eigenvalue weighted by molar-refractivity contribution is 0.0696. The van der Waals surface area contributed by atoms with Crippen molar-refractivity contribution in [1.82, 2.24) is 0 Å². The quantitative estimate of drug-likeness (QED) is 0.626. The van der Waals surface area contributed by atoms with Crippen LogP contribution in [0.4, 0.5) is 5.69 Å². The average Bonchev–Trinajstić information content (AvgIpc) is 2.69. The number of rotatable bonds is 5. The molecule has 0 spiro atoms. The number of methoxy groups -OCH3 is 1. The summed E-state index contributed by atoms with van der Waals surface area (Å²) in [7, 11) is 1.58. The van der Waals surface area contributed by atoms with Crippen molar-refractivity contribution in [3.63, 3.8) is 0 Å². The van der Waals surface area contributed by atoms with Crippen LogP contribution in [-0.2, 0) is 0 Å². The lowest BCUT2D eigenvalue weighted by Gasteiger charge is -2.18. The van der Waals surface area contributed by atoms with Gasteiger partial charge in [0, 0.05) is 11.1 Å². The van der Waals surface area contributed by atoms with Gasteiger partial charge in [-0.15, -0.1) is 0 Å². The van der Waals surface area contributed by atoms with Crippen LogP contribution in [-0.4, -0.2) is 24.1 Å². The van der Waals surface area contributed by atoms with Crippen molar-refractivity contribution in [3.8, 4) is 16.9 Å². The summed E-state index contributed by atoms with van der Waals surface area (Å²) < 4.78 is 5.67. The number of ether oxygens (including phenoxy) is 1. The molecule has 0 unspecified atom stereocenters. The molecule has 0 saturated carbocycles. The second-order valence-corrected chi connectivity index (χ2v) is 6.95. The van der Waals surface area contributed by atoms with E-state index in [0.717, 1.165) is 16.7 Å². The number of hydrogen-bond donors (Lipinski definition) is 2. The highest BCUT2D eigenvalue weighted by atomic mass is 16.5. The van der Waals surface area contributed by atoms with Gasteiger partial charge in [-0.25, -0.2) is 4.79 Å². The second-order valence-electron chi connectivity index (χ2n) is 6.95. The van der Waals surface area contributed by atoms with Crippen molar-refractivity contribution in [2.24, 2.45) is 0 Å². The highest BCUT2D eigenvalue weighted by Crippen LogP contribution is 2.39. The SMILES string of the molecule is COc1c(-c2ccccc2)ccc(C)c1NC(=O)c1c(C)cc(C(=O)O)cc1C. The van der Waals surface area contributed by atoms with Crippen LogP contribution in [0, 0.1) is 20.8 Å². The first-order valence-corrected chi connectivity index (χ1v) is 9.22. The normalized spacial score (nSPS) is 10.5. The number of carboxylic acid groups (broad SMARTS) is 1. The number of anilines is 1. The molecule has 3 aromatic carbocycles. The summed E-state index contributed by atoms with van der Waals surface area (Å²) in [5, 5.41) is 12.2. The van der Waals surface area contributed by atoms with Gasteiger partial charge in [-0.1, -0.05) is 42.5 Å². The Morgan fingerprint density at radius 2 is 1.52 bits per heavy atom. The van der Waals surface area contributed by atoms with Crippen LogP contribution in [0.2, 0.25) is 0 Å². The fourth-order valence-corrected chi connectivity index (χ4v) is 3.51. The van der Waals surface area contributed by atoms with Gasteiger partial charge >= 0.3 is 5.97 Å². The van der Waals surface area contributed by atoms with Crippen LogP contribution >= 0.6 is 0 Å². The van der Waals surface area contributed by atoms with Crippen LogP contribution in [0.1, 0.15) is 37.4 Å². The van der Waals surface area contributed by atoms with Crippen molar-refractivity contribution in [2.75, 3.05) is 12.4 Å². The minimum Gasteiger partial charge on any atom is -0.494 e. The molecule has 2 N–H and O–H groups in total. The Balaban J connectivity index is 2.05. The Kier molecular flexibility index (Phi) is 5.69. The monoisotopic (exact) mass is 389 g/mol. The Morgan fingerprint density at radius 1 is 0.897 bits per heavy atom. The summed E-state index contributed by atoms with van der Waals surface area (Å²) >= 11 is 0. The van der Waals surface area contributed by atoms with E-state index in [1.807, 2.05) is 49.4 Å². The number of amides is 1. The molecule has 0 aliphatic rings. The molecule has 0 atom stereocenters. The summed E-state index contributed by atoms with van der Waals surface area (Å²) in [6, 6.07) is 16.7. The first kappa shape index (κ1) is 20.1. The summed E-state index contributed by atoms with van der Waals surface area (Å²) in [6.45, 7) is 5.37. The number of aryl methyl sites for hydroxylation is 3. The van der Waals surface area contributed by atoms with Gasteiger partial charge in [0.25, 0.3) is 5.91 Å². The van der Waals surface area contributed by atoms with E-state index in [-0.39, 0.29) is 11.5 Å². The molecule has 0 aromatic heterocycles. The molecule has 29 heavy (non-hydrogen) atoms. The van der Waals surface area contributed by atoms with Crippen molar-refractivity contribution in [3.05, 3.63) is 82.4 Å². The second kappa shape index (κ2) is 8.19. The first-order chi connectivity index (χ1) is 13.8. The first-order valence-electron chi connectivity index (χ1n) is 9.22. The smallest absolute Gasteiger partial charge is 0.335 e. The molecule has 0 heterocycles. The Hall–Kier alpha value is -3.60. The van der Waals surface area contributed by atoms with Gasteiger partial charge in [0.15, 0.2) is 0 Å². The minimum atomic E-state index is -1.02. The maximum Gasteiger partial charge on any atom is 0.335 e. The molecule has 5 heteroatoms. The molecule has 0 aliphatic carbocycles. The zero-order chi connectivity index (χ0) is 21.1. The van der Waals surface area contributed by atoms with Gasteiger partial charge in [-0.3, -0.25) is 4.79 Å². The third kappa shape index (κ3) is 3.99. The number of nitrogens with one attached hydrogen (secondary N) is 1. The fourth-order valence-electron chi connectivity index (χ4n) is 3.51. The number of carbonyl (C=O) groups is 2. The summed E-state index contributed by atoms with van der Waals surface area (Å²) in [4.78, 5) is 24.4. The molecule has 5 nitrogen and oxygen atoms in total. The maximum atomic E-state index is 13.1. The van der Waals surface area contributed by atoms with Crippen molar-refractivity contribution in [2.45, 2.75) is 20.8 Å². The van der Waals surface area contributed by atoms with Gasteiger partial charge < -0.3 is 15.2 Å². The van der Waals surface area contributed by atoms with E-state index in [9.17, 15) is 14.7 Å². The highest BCUT2D eigenvalue weighted by molar-refractivity contribution is 6.08. The van der Waals surface area contributed by atoms with Crippen molar-refractivity contribution >= 4 is 17.6 Å². The van der Waals surface area contributed by atoms with Gasteiger partial charge in [-0.05, 0) is 55.2 Å². The largest absolute Gasteiger partial charge is 0.494 e. The number of hydrogen-bond acceptors (Lipinski definition) is 3. The number of carbonyl (C=O) groups excluding carboxylic acids is 1. The highest BCUT2D eigenvalue weighted by Gasteiger charge is 2.20. The van der Waals surface area contributed by atoms with Gasteiger partial charge in [0.05, 0.1) is 18.4 Å². The average molecular weight is 389 g/mol. The molecule has 0 saturated heterocycles. The van der Waals surface area contributed by atoms with Crippen LogP contribution in [0.15, 0.2) is 54.6 Å². The van der Waals surface area contributed by atoms with E-state index in [1.165, 1.54) is 12.1 Å². The molecular weight excluding hydrogens is 366 g/mol. The Bertz CT molecular complexity index is 1060. The van der Waals surface area contributed by atoms with E-state index in [1.54, 1.807) is 21.0 Å². The summed E-state index contributed by atoms with van der Waals surface area (Å²) in [5.41, 5.74) is 5.17. The molecule has 0 aliphatic heterocycles. The van der Waals surface area contributed by atoms with E-state index >= 15 is 0 Å². The molecule has 3 rings (SSSR count). The predicted octanol–water partition coefficient (Wildman–Crippen LogP) is 5.24. The third-order valence-corrected chi connectivity index (χ3v) is 4.90.